The normalized spacial score (nSPS) is 17.6. The maximum absolute atomic E-state index is 12.9. The molecule has 164 valence electrons. The summed E-state index contributed by atoms with van der Waals surface area (Å²) in [4.78, 5) is 17.3. The van der Waals surface area contributed by atoms with Gasteiger partial charge in [-0.3, -0.25) is 15.6 Å². The third-order valence-corrected chi connectivity index (χ3v) is 8.56. The van der Waals surface area contributed by atoms with Crippen LogP contribution < -0.4 is 10.9 Å². The summed E-state index contributed by atoms with van der Waals surface area (Å²) in [7, 11) is -3.54. The van der Waals surface area contributed by atoms with Gasteiger partial charge in [0, 0.05) is 18.7 Å². The Hall–Kier alpha value is -2.49. The first-order valence-corrected chi connectivity index (χ1v) is 12.5. The fraction of sp³-hybridized carbons (Fsp3) is 0.364. The molecular formula is C22H26N4O3S2. The van der Waals surface area contributed by atoms with Gasteiger partial charge in [0.05, 0.1) is 15.1 Å². The zero-order valence-electron chi connectivity index (χ0n) is 17.8. The van der Waals surface area contributed by atoms with Gasteiger partial charge >= 0.3 is 0 Å². The number of piperidine rings is 1. The number of fused-ring (bicyclic) bond motifs is 1. The molecule has 1 amide bonds. The van der Waals surface area contributed by atoms with Crippen molar-refractivity contribution in [1.82, 2.24) is 14.7 Å². The lowest BCUT2D eigenvalue weighted by Gasteiger charge is -2.30. The quantitative estimate of drug-likeness (QED) is 0.562. The van der Waals surface area contributed by atoms with Crippen LogP contribution >= 0.6 is 11.3 Å². The molecule has 1 fully saturated rings. The minimum atomic E-state index is -3.54. The number of nitrogens with one attached hydrogen (secondary N) is 2. The Labute approximate surface area is 186 Å². The molecule has 1 aromatic heterocycles. The van der Waals surface area contributed by atoms with Crippen molar-refractivity contribution >= 4 is 42.6 Å². The number of aromatic nitrogens is 1. The third kappa shape index (κ3) is 4.44. The monoisotopic (exact) mass is 458 g/mol. The SMILES string of the molecule is Cc1ccc2sc(NNC(=O)c3ccc(S(=O)(=O)N4CCCC(C)C4)cc3)nc2c1C. The van der Waals surface area contributed by atoms with Crippen LogP contribution in [0.4, 0.5) is 5.13 Å². The zero-order valence-corrected chi connectivity index (χ0v) is 19.4. The van der Waals surface area contributed by atoms with Crippen molar-refractivity contribution in [3.8, 4) is 0 Å². The van der Waals surface area contributed by atoms with Crippen molar-refractivity contribution in [3.63, 3.8) is 0 Å². The predicted octanol–water partition coefficient (Wildman–Crippen LogP) is 4.09. The van der Waals surface area contributed by atoms with Gasteiger partial charge in [-0.05, 0) is 74.1 Å². The highest BCUT2D eigenvalue weighted by molar-refractivity contribution is 7.89. The molecule has 0 spiro atoms. The fourth-order valence-electron chi connectivity index (χ4n) is 3.75. The molecule has 4 rings (SSSR count). The average Bonchev–Trinajstić information content (AvgIpc) is 3.19. The predicted molar refractivity (Wildman–Crippen MR) is 124 cm³/mol. The molecular weight excluding hydrogens is 432 g/mol. The number of sulfonamides is 1. The van der Waals surface area contributed by atoms with Crippen molar-refractivity contribution in [1.29, 1.82) is 0 Å². The number of amides is 1. The standard InChI is InChI=1S/C22H26N4O3S2/c1-14-5-4-12-26(13-14)31(28,29)18-9-7-17(8-10-18)21(27)24-25-22-23-20-16(3)15(2)6-11-19(20)30-22/h6-11,14H,4-5,12-13H2,1-3H3,(H,23,25)(H,24,27). The van der Waals surface area contributed by atoms with Gasteiger partial charge in [0.15, 0.2) is 0 Å². The number of carbonyl (C=O) groups excluding carboxylic acids is 1. The highest BCUT2D eigenvalue weighted by atomic mass is 32.2. The van der Waals surface area contributed by atoms with E-state index in [9.17, 15) is 13.2 Å². The topological polar surface area (TPSA) is 91.4 Å². The molecule has 1 atom stereocenters. The lowest BCUT2D eigenvalue weighted by molar-refractivity contribution is 0.0962. The first kappa shape index (κ1) is 21.7. The van der Waals surface area contributed by atoms with Crippen molar-refractivity contribution in [2.75, 3.05) is 18.5 Å². The summed E-state index contributed by atoms with van der Waals surface area (Å²) >= 11 is 1.46. The molecule has 7 nitrogen and oxygen atoms in total. The second kappa shape index (κ2) is 8.57. The number of aryl methyl sites for hydroxylation is 2. The second-order valence-corrected chi connectivity index (χ2v) is 11.1. The maximum atomic E-state index is 12.9. The van der Waals surface area contributed by atoms with Gasteiger partial charge in [0.25, 0.3) is 5.91 Å². The number of rotatable bonds is 5. The van der Waals surface area contributed by atoms with Crippen molar-refractivity contribution < 1.29 is 13.2 Å². The van der Waals surface area contributed by atoms with Crippen molar-refractivity contribution in [2.45, 2.75) is 38.5 Å². The lowest BCUT2D eigenvalue weighted by atomic mass is 10.0. The van der Waals surface area contributed by atoms with E-state index in [1.54, 1.807) is 0 Å². The van der Waals surface area contributed by atoms with Crippen LogP contribution in [0.15, 0.2) is 41.3 Å². The van der Waals surface area contributed by atoms with Gasteiger partial charge in [-0.15, -0.1) is 0 Å². The van der Waals surface area contributed by atoms with E-state index in [2.05, 4.69) is 28.8 Å². The van der Waals surface area contributed by atoms with E-state index in [-0.39, 0.29) is 10.8 Å². The summed E-state index contributed by atoms with van der Waals surface area (Å²) in [5.41, 5.74) is 9.07. The van der Waals surface area contributed by atoms with Gasteiger partial charge in [-0.1, -0.05) is 24.3 Å². The number of hydrogen-bond donors (Lipinski definition) is 2. The van der Waals surface area contributed by atoms with Crippen LogP contribution in [0.2, 0.25) is 0 Å². The Kier molecular flexibility index (Phi) is 6.00. The molecule has 0 bridgehead atoms. The number of anilines is 1. The molecule has 1 aliphatic heterocycles. The van der Waals surface area contributed by atoms with E-state index in [0.29, 0.717) is 29.7 Å². The van der Waals surface area contributed by atoms with E-state index in [1.165, 1.54) is 45.5 Å². The van der Waals surface area contributed by atoms with Crippen LogP contribution in [0.1, 0.15) is 41.3 Å². The smallest absolute Gasteiger partial charge is 0.269 e. The Balaban J connectivity index is 1.43. The lowest BCUT2D eigenvalue weighted by Crippen LogP contribution is -2.39. The largest absolute Gasteiger partial charge is 0.273 e. The molecule has 0 aliphatic carbocycles. The summed E-state index contributed by atoms with van der Waals surface area (Å²) in [6.45, 7) is 7.21. The Morgan fingerprint density at radius 1 is 1.16 bits per heavy atom. The fourth-order valence-corrected chi connectivity index (χ4v) is 6.23. The number of thiazole rings is 1. The number of carbonyl (C=O) groups is 1. The van der Waals surface area contributed by atoms with Gasteiger partial charge in [-0.2, -0.15) is 4.31 Å². The van der Waals surface area contributed by atoms with Crippen molar-refractivity contribution in [2.24, 2.45) is 5.92 Å². The zero-order chi connectivity index (χ0) is 22.2. The summed E-state index contributed by atoms with van der Waals surface area (Å²) in [6, 6.07) is 10.1. The Morgan fingerprint density at radius 2 is 1.90 bits per heavy atom. The molecule has 1 unspecified atom stereocenters. The molecule has 3 aromatic rings. The van der Waals surface area contributed by atoms with Crippen LogP contribution in [0.5, 0.6) is 0 Å². The molecule has 1 saturated heterocycles. The van der Waals surface area contributed by atoms with Crippen LogP contribution in [-0.4, -0.2) is 36.7 Å². The van der Waals surface area contributed by atoms with E-state index in [4.69, 9.17) is 0 Å². The summed E-state index contributed by atoms with van der Waals surface area (Å²) < 4.78 is 28.3. The third-order valence-electron chi connectivity index (χ3n) is 5.74. The molecule has 0 radical (unpaired) electrons. The molecule has 9 heteroatoms. The van der Waals surface area contributed by atoms with Crippen LogP contribution in [0.3, 0.4) is 0 Å². The molecule has 2 aromatic carbocycles. The highest BCUT2D eigenvalue weighted by Crippen LogP contribution is 2.29. The van der Waals surface area contributed by atoms with E-state index >= 15 is 0 Å². The maximum Gasteiger partial charge on any atom is 0.269 e. The molecule has 1 aliphatic rings. The summed E-state index contributed by atoms with van der Waals surface area (Å²) in [6.07, 6.45) is 1.92. The first-order chi connectivity index (χ1) is 14.8. The van der Waals surface area contributed by atoms with E-state index < -0.39 is 10.0 Å². The van der Waals surface area contributed by atoms with Gasteiger partial charge in [0.2, 0.25) is 15.2 Å². The van der Waals surface area contributed by atoms with Gasteiger partial charge in [0.1, 0.15) is 0 Å². The molecule has 31 heavy (non-hydrogen) atoms. The minimum Gasteiger partial charge on any atom is -0.273 e. The molecule has 2 N–H and O–H groups in total. The van der Waals surface area contributed by atoms with Crippen LogP contribution in [0.25, 0.3) is 10.2 Å². The molecule has 2 heterocycles. The minimum absolute atomic E-state index is 0.211. The Morgan fingerprint density at radius 3 is 2.61 bits per heavy atom. The van der Waals surface area contributed by atoms with Gasteiger partial charge < -0.3 is 0 Å². The summed E-state index contributed by atoms with van der Waals surface area (Å²) in [5, 5.41) is 0.593. The highest BCUT2D eigenvalue weighted by Gasteiger charge is 2.28. The number of benzene rings is 2. The average molecular weight is 459 g/mol. The summed E-state index contributed by atoms with van der Waals surface area (Å²) in [5.74, 6) is -0.00226. The Bertz CT molecular complexity index is 1220. The number of hydrazine groups is 1. The molecule has 0 saturated carbocycles. The van der Waals surface area contributed by atoms with Crippen LogP contribution in [0, 0.1) is 19.8 Å². The second-order valence-electron chi connectivity index (χ2n) is 8.09. The van der Waals surface area contributed by atoms with Gasteiger partial charge in [-0.25, -0.2) is 13.4 Å². The van der Waals surface area contributed by atoms with E-state index in [0.717, 1.165) is 28.6 Å². The number of nitrogens with zero attached hydrogens (tertiary/aromatic N) is 2. The number of hydrogen-bond acceptors (Lipinski definition) is 6. The van der Waals surface area contributed by atoms with Crippen molar-refractivity contribution in [3.05, 3.63) is 53.1 Å². The van der Waals surface area contributed by atoms with Crippen LogP contribution in [-0.2, 0) is 10.0 Å². The first-order valence-electron chi connectivity index (χ1n) is 10.3. The van der Waals surface area contributed by atoms with E-state index in [1.807, 2.05) is 19.9 Å².